The van der Waals surface area contributed by atoms with Gasteiger partial charge in [0, 0.05) is 54.1 Å². The summed E-state index contributed by atoms with van der Waals surface area (Å²) in [5.41, 5.74) is 2.34. The second-order valence-electron chi connectivity index (χ2n) is 8.73. The number of nitrogens with zero attached hydrogens (tertiary/aromatic N) is 4. The Morgan fingerprint density at radius 1 is 1.24 bits per heavy atom. The summed E-state index contributed by atoms with van der Waals surface area (Å²) in [4.78, 5) is 48.2. The van der Waals surface area contributed by atoms with Crippen LogP contribution < -0.4 is 10.3 Å². The molecule has 0 saturated heterocycles. The number of halogens is 1. The van der Waals surface area contributed by atoms with Crippen molar-refractivity contribution in [1.29, 1.82) is 5.26 Å². The van der Waals surface area contributed by atoms with Crippen molar-refractivity contribution in [2.24, 2.45) is 5.16 Å². The van der Waals surface area contributed by atoms with Crippen LogP contribution >= 0.6 is 11.6 Å². The predicted molar refractivity (Wildman–Crippen MR) is 142 cm³/mol. The molecule has 0 spiro atoms. The lowest BCUT2D eigenvalue weighted by atomic mass is 9.97. The van der Waals surface area contributed by atoms with E-state index in [2.05, 4.69) is 16.2 Å². The van der Waals surface area contributed by atoms with Gasteiger partial charge in [0.15, 0.2) is 11.6 Å². The lowest BCUT2D eigenvalue weighted by Gasteiger charge is -2.21. The van der Waals surface area contributed by atoms with Crippen LogP contribution in [0.3, 0.4) is 0 Å². The standard InChI is InChI=1S/C28H25ClN4O5/c1-3-25(34)23-7-4-17(15-31-23)10-26(35)24(12-20-8-9-38-32-20)33-16-27(37-2)22(13-28(33)36)21-11-19(29)6-5-18(21)14-30/h4-7,11,13,15-16,24H,3,8-10,12H2,1-2H3. The Labute approximate surface area is 224 Å². The fourth-order valence-corrected chi connectivity index (χ4v) is 4.42. The third-order valence-corrected chi connectivity index (χ3v) is 6.51. The summed E-state index contributed by atoms with van der Waals surface area (Å²) in [5, 5.41) is 14.0. The van der Waals surface area contributed by atoms with Gasteiger partial charge in [0.2, 0.25) is 0 Å². The molecule has 10 heteroatoms. The van der Waals surface area contributed by atoms with Crippen molar-refractivity contribution in [3.05, 3.63) is 81.0 Å². The van der Waals surface area contributed by atoms with Gasteiger partial charge >= 0.3 is 0 Å². The van der Waals surface area contributed by atoms with Crippen LogP contribution in [0.4, 0.5) is 0 Å². The highest BCUT2D eigenvalue weighted by molar-refractivity contribution is 6.31. The molecule has 0 fully saturated rings. The van der Waals surface area contributed by atoms with Crippen molar-refractivity contribution in [3.8, 4) is 22.9 Å². The highest BCUT2D eigenvalue weighted by Crippen LogP contribution is 2.34. The van der Waals surface area contributed by atoms with E-state index in [1.807, 2.05) is 0 Å². The number of carbonyl (C=O) groups is 2. The predicted octanol–water partition coefficient (Wildman–Crippen LogP) is 4.56. The molecular formula is C28H25ClN4O5. The van der Waals surface area contributed by atoms with Gasteiger partial charge in [-0.15, -0.1) is 0 Å². The summed E-state index contributed by atoms with van der Waals surface area (Å²) in [7, 11) is 1.45. The van der Waals surface area contributed by atoms with E-state index in [1.165, 1.54) is 30.1 Å². The van der Waals surface area contributed by atoms with Crippen molar-refractivity contribution >= 4 is 28.9 Å². The van der Waals surface area contributed by atoms with Crippen LogP contribution in [0, 0.1) is 11.3 Å². The quantitative estimate of drug-likeness (QED) is 0.351. The van der Waals surface area contributed by atoms with Gasteiger partial charge in [-0.3, -0.25) is 19.4 Å². The molecule has 1 atom stereocenters. The number of pyridine rings is 2. The van der Waals surface area contributed by atoms with E-state index >= 15 is 0 Å². The number of nitriles is 1. The van der Waals surface area contributed by atoms with E-state index in [4.69, 9.17) is 21.2 Å². The average Bonchev–Trinajstić information content (AvgIpc) is 3.45. The third kappa shape index (κ3) is 5.82. The third-order valence-electron chi connectivity index (χ3n) is 6.28. The Morgan fingerprint density at radius 3 is 2.68 bits per heavy atom. The van der Waals surface area contributed by atoms with Crippen molar-refractivity contribution in [3.63, 3.8) is 0 Å². The van der Waals surface area contributed by atoms with E-state index in [-0.39, 0.29) is 24.4 Å². The Morgan fingerprint density at radius 2 is 2.05 bits per heavy atom. The van der Waals surface area contributed by atoms with Crippen LogP contribution in [0.25, 0.3) is 11.1 Å². The smallest absolute Gasteiger partial charge is 0.252 e. The number of ketones is 2. The number of hydrogen-bond acceptors (Lipinski definition) is 8. The fourth-order valence-electron chi connectivity index (χ4n) is 4.25. The summed E-state index contributed by atoms with van der Waals surface area (Å²) in [6.07, 6.45) is 4.04. The lowest BCUT2D eigenvalue weighted by molar-refractivity contribution is -0.121. The largest absolute Gasteiger partial charge is 0.495 e. The molecule has 3 aromatic rings. The van der Waals surface area contributed by atoms with Gasteiger partial charge in [0.25, 0.3) is 5.56 Å². The first-order valence-corrected chi connectivity index (χ1v) is 12.4. The zero-order valence-corrected chi connectivity index (χ0v) is 21.7. The monoisotopic (exact) mass is 532 g/mol. The first kappa shape index (κ1) is 26.8. The first-order valence-electron chi connectivity index (χ1n) is 12.0. The van der Waals surface area contributed by atoms with E-state index in [9.17, 15) is 19.6 Å². The second kappa shape index (κ2) is 11.8. The van der Waals surface area contributed by atoms with E-state index in [0.717, 1.165) is 0 Å². The summed E-state index contributed by atoms with van der Waals surface area (Å²) in [6.45, 7) is 2.17. The topological polar surface area (TPSA) is 124 Å². The molecule has 1 aromatic carbocycles. The molecule has 1 unspecified atom stereocenters. The molecule has 0 N–H and O–H groups in total. The van der Waals surface area contributed by atoms with Crippen molar-refractivity contribution in [2.75, 3.05) is 13.7 Å². The molecule has 194 valence electrons. The molecule has 4 rings (SSSR count). The molecule has 1 aliphatic rings. The van der Waals surface area contributed by atoms with Crippen LogP contribution in [0.2, 0.25) is 5.02 Å². The lowest BCUT2D eigenvalue weighted by Crippen LogP contribution is -2.32. The van der Waals surface area contributed by atoms with Gasteiger partial charge in [0.1, 0.15) is 24.1 Å². The molecule has 0 saturated carbocycles. The highest BCUT2D eigenvalue weighted by Gasteiger charge is 2.27. The number of rotatable bonds is 10. The van der Waals surface area contributed by atoms with E-state index in [0.29, 0.717) is 63.9 Å². The number of aromatic nitrogens is 2. The summed E-state index contributed by atoms with van der Waals surface area (Å²) >= 11 is 6.16. The molecule has 38 heavy (non-hydrogen) atoms. The van der Waals surface area contributed by atoms with E-state index in [1.54, 1.807) is 37.3 Å². The number of methoxy groups -OCH3 is 1. The number of ether oxygens (including phenoxy) is 1. The number of benzene rings is 1. The number of oxime groups is 1. The average molecular weight is 533 g/mol. The Balaban J connectivity index is 1.73. The molecule has 3 heterocycles. The van der Waals surface area contributed by atoms with E-state index < -0.39 is 11.6 Å². The maximum atomic E-state index is 13.6. The number of carbonyl (C=O) groups excluding carboxylic acids is 2. The molecule has 9 nitrogen and oxygen atoms in total. The van der Waals surface area contributed by atoms with Gasteiger partial charge in [-0.1, -0.05) is 29.7 Å². The maximum Gasteiger partial charge on any atom is 0.252 e. The van der Waals surface area contributed by atoms with Crippen molar-refractivity contribution in [2.45, 2.75) is 38.6 Å². The SMILES string of the molecule is CCC(=O)c1ccc(CC(=O)C(CC2=NOCC2)n2cc(OC)c(-c3cc(Cl)ccc3C#N)cc2=O)cn1. The Kier molecular flexibility index (Phi) is 8.34. The van der Waals surface area contributed by atoms with Gasteiger partial charge in [-0.2, -0.15) is 5.26 Å². The zero-order valence-electron chi connectivity index (χ0n) is 20.9. The minimum Gasteiger partial charge on any atom is -0.495 e. The van der Waals surface area contributed by atoms with Crippen LogP contribution in [-0.4, -0.2) is 40.5 Å². The second-order valence-corrected chi connectivity index (χ2v) is 9.17. The number of hydrogen-bond donors (Lipinski definition) is 0. The maximum absolute atomic E-state index is 13.6. The minimum atomic E-state index is -0.891. The van der Waals surface area contributed by atoms with Gasteiger partial charge < -0.3 is 14.1 Å². The fraction of sp³-hybridized carbons (Fsp3) is 0.286. The van der Waals surface area contributed by atoms with Gasteiger partial charge in [0.05, 0.1) is 30.7 Å². The molecule has 0 aliphatic carbocycles. The Bertz CT molecular complexity index is 1510. The number of Topliss-reactive ketones (excluding diaryl/α,β-unsaturated/α-hetero) is 2. The van der Waals surface area contributed by atoms with Crippen molar-refractivity contribution < 1.29 is 19.2 Å². The minimum absolute atomic E-state index is 0.00419. The molecule has 0 radical (unpaired) electrons. The van der Waals surface area contributed by atoms with Gasteiger partial charge in [-0.05, 0) is 29.8 Å². The highest BCUT2D eigenvalue weighted by atomic mass is 35.5. The Hall–Kier alpha value is -4.29. The van der Waals surface area contributed by atoms with Crippen molar-refractivity contribution in [1.82, 2.24) is 9.55 Å². The molecule has 1 aliphatic heterocycles. The molecule has 0 amide bonds. The molecule has 2 aromatic heterocycles. The summed E-state index contributed by atoms with van der Waals surface area (Å²) in [5.74, 6) is -0.0267. The summed E-state index contributed by atoms with van der Waals surface area (Å²) in [6, 6.07) is 10.6. The first-order chi connectivity index (χ1) is 18.3. The molecule has 0 bridgehead atoms. The normalized spacial score (nSPS) is 13.3. The van der Waals surface area contributed by atoms with Gasteiger partial charge in [-0.25, -0.2) is 0 Å². The van der Waals surface area contributed by atoms with Crippen LogP contribution in [0.15, 0.2) is 58.7 Å². The summed E-state index contributed by atoms with van der Waals surface area (Å²) < 4.78 is 6.90. The van der Waals surface area contributed by atoms with Crippen LogP contribution in [0.5, 0.6) is 5.75 Å². The molecular weight excluding hydrogens is 508 g/mol. The zero-order chi connectivity index (χ0) is 27.2. The van der Waals surface area contributed by atoms with Crippen LogP contribution in [0.1, 0.15) is 53.8 Å². The van der Waals surface area contributed by atoms with Crippen LogP contribution in [-0.2, 0) is 16.1 Å².